The maximum atomic E-state index is 10.2. The molecule has 0 spiro atoms. The molecule has 0 aromatic rings. The molecule has 0 aliphatic rings. The van der Waals surface area contributed by atoms with Gasteiger partial charge in [0, 0.05) is 23.8 Å². The highest BCUT2D eigenvalue weighted by Gasteiger charge is 1.95. The first kappa shape index (κ1) is 28.1. The highest BCUT2D eigenvalue weighted by Crippen LogP contribution is 1.87. The van der Waals surface area contributed by atoms with Crippen LogP contribution in [0.3, 0.4) is 0 Å². The van der Waals surface area contributed by atoms with E-state index in [2.05, 4.69) is 35.8 Å². The molecular weight excluding hydrogens is 302 g/mol. The summed E-state index contributed by atoms with van der Waals surface area (Å²) in [6.07, 6.45) is 3.16. The van der Waals surface area contributed by atoms with Gasteiger partial charge < -0.3 is 14.6 Å². The van der Waals surface area contributed by atoms with E-state index < -0.39 is 5.97 Å². The summed E-state index contributed by atoms with van der Waals surface area (Å²) in [4.78, 5) is 29.5. The van der Waals surface area contributed by atoms with E-state index in [9.17, 15) is 14.4 Å². The van der Waals surface area contributed by atoms with Gasteiger partial charge in [-0.2, -0.15) is 5.26 Å². The SMILES string of the molecule is C=C(C)C(=O)OC.C=CC#N.C=CC(=O)O.C=CC(=O)OCC. The minimum absolute atomic E-state index is 0.347. The molecule has 128 valence electrons. The molecule has 0 heterocycles. The number of aliphatic carboxylic acids is 1. The maximum Gasteiger partial charge on any atom is 0.332 e. The molecule has 0 saturated heterocycles. The van der Waals surface area contributed by atoms with Gasteiger partial charge >= 0.3 is 17.9 Å². The smallest absolute Gasteiger partial charge is 0.332 e. The van der Waals surface area contributed by atoms with Gasteiger partial charge in [-0.1, -0.05) is 26.3 Å². The molecule has 0 aromatic carbocycles. The number of methoxy groups -OCH3 is 1. The predicted octanol–water partition coefficient (Wildman–Crippen LogP) is 2.42. The lowest BCUT2D eigenvalue weighted by atomic mass is 10.4. The summed E-state index contributed by atoms with van der Waals surface area (Å²) in [6.45, 7) is 16.4. The van der Waals surface area contributed by atoms with Gasteiger partial charge in [0.2, 0.25) is 0 Å². The highest BCUT2D eigenvalue weighted by atomic mass is 16.5. The number of nitriles is 1. The Hall–Kier alpha value is -3.14. The average Bonchev–Trinajstić information content (AvgIpc) is 2.55. The van der Waals surface area contributed by atoms with Crippen molar-refractivity contribution in [3.63, 3.8) is 0 Å². The third-order valence-corrected chi connectivity index (χ3v) is 1.25. The molecule has 0 radical (unpaired) electrons. The summed E-state index contributed by atoms with van der Waals surface area (Å²) in [7, 11) is 1.33. The van der Waals surface area contributed by atoms with E-state index in [0.29, 0.717) is 12.2 Å². The second-order valence-corrected chi connectivity index (χ2v) is 3.10. The second-order valence-electron chi connectivity index (χ2n) is 3.10. The van der Waals surface area contributed by atoms with Crippen molar-refractivity contribution in [2.24, 2.45) is 0 Å². The average molecular weight is 325 g/mol. The van der Waals surface area contributed by atoms with Gasteiger partial charge in [0.25, 0.3) is 0 Å². The molecule has 0 aliphatic carbocycles. The number of rotatable bonds is 4. The largest absolute Gasteiger partial charge is 0.478 e. The molecule has 7 nitrogen and oxygen atoms in total. The fraction of sp³-hybridized carbons (Fsp3) is 0.250. The van der Waals surface area contributed by atoms with Crippen LogP contribution in [-0.2, 0) is 23.9 Å². The third kappa shape index (κ3) is 45.5. The Morgan fingerprint density at radius 3 is 1.65 bits per heavy atom. The van der Waals surface area contributed by atoms with E-state index >= 15 is 0 Å². The number of carboxylic acid groups (broad SMARTS) is 1. The second kappa shape index (κ2) is 23.9. The van der Waals surface area contributed by atoms with Crippen LogP contribution in [-0.4, -0.2) is 36.7 Å². The van der Waals surface area contributed by atoms with E-state index in [-0.39, 0.29) is 11.9 Å². The summed E-state index contributed by atoms with van der Waals surface area (Å²) in [5.74, 6) is -1.69. The Bertz CT molecular complexity index is 444. The number of ether oxygens (including phenoxy) is 2. The van der Waals surface area contributed by atoms with Crippen LogP contribution in [0.4, 0.5) is 0 Å². The van der Waals surface area contributed by atoms with Crippen LogP contribution in [0.15, 0.2) is 50.1 Å². The van der Waals surface area contributed by atoms with Crippen molar-refractivity contribution in [3.8, 4) is 6.07 Å². The van der Waals surface area contributed by atoms with Crippen molar-refractivity contribution in [2.45, 2.75) is 13.8 Å². The molecule has 1 N–H and O–H groups in total. The van der Waals surface area contributed by atoms with E-state index in [4.69, 9.17) is 10.4 Å². The number of carboxylic acids is 1. The van der Waals surface area contributed by atoms with Crippen LogP contribution in [0, 0.1) is 11.3 Å². The standard InChI is InChI=1S/2C5H8O2.C3H3N.C3H4O2/c1-4(2)5(6)7-3;1-3-5(6)7-4-2;1-2-3-4;1-2-3(4)5/h1H2,2-3H3;3H,1,4H2,2H3;2H,1H2;2H,1H2,(H,4,5). The molecule has 0 aliphatic heterocycles. The van der Waals surface area contributed by atoms with Crippen LogP contribution in [0.25, 0.3) is 0 Å². The van der Waals surface area contributed by atoms with Crippen molar-refractivity contribution < 1.29 is 29.0 Å². The van der Waals surface area contributed by atoms with Gasteiger partial charge in [0.15, 0.2) is 0 Å². The van der Waals surface area contributed by atoms with E-state index in [0.717, 1.165) is 12.2 Å². The Balaban J connectivity index is -0.000000107. The fourth-order valence-corrected chi connectivity index (χ4v) is 0.375. The summed E-state index contributed by atoms with van der Waals surface area (Å²) < 4.78 is 8.71. The monoisotopic (exact) mass is 325 g/mol. The molecule has 0 amide bonds. The zero-order valence-electron chi connectivity index (χ0n) is 13.7. The third-order valence-electron chi connectivity index (χ3n) is 1.25. The number of allylic oxidation sites excluding steroid dienone is 1. The highest BCUT2D eigenvalue weighted by molar-refractivity contribution is 5.86. The number of carbonyl (C=O) groups is 3. The fourth-order valence-electron chi connectivity index (χ4n) is 0.375. The topological polar surface area (TPSA) is 114 Å². The van der Waals surface area contributed by atoms with Crippen LogP contribution in [0.1, 0.15) is 13.8 Å². The molecule has 7 heteroatoms. The summed E-state index contributed by atoms with van der Waals surface area (Å²) >= 11 is 0. The molecule has 0 unspecified atom stereocenters. The molecule has 23 heavy (non-hydrogen) atoms. The van der Waals surface area contributed by atoms with Crippen molar-refractivity contribution in [1.29, 1.82) is 5.26 Å². The zero-order chi connectivity index (χ0) is 19.3. The number of nitrogens with zero attached hydrogens (tertiary/aromatic N) is 1. The van der Waals surface area contributed by atoms with Gasteiger partial charge in [-0.05, 0) is 13.8 Å². The number of hydrogen-bond donors (Lipinski definition) is 1. The molecule has 0 bridgehead atoms. The Morgan fingerprint density at radius 2 is 1.61 bits per heavy atom. The lowest BCUT2D eigenvalue weighted by Gasteiger charge is -1.91. The number of carbonyl (C=O) groups excluding carboxylic acids is 2. The molecule has 0 rings (SSSR count). The summed E-state index contributed by atoms with van der Waals surface area (Å²) in [5.41, 5.74) is 0.433. The number of esters is 2. The first-order chi connectivity index (χ1) is 10.7. The minimum Gasteiger partial charge on any atom is -0.478 e. The normalized spacial score (nSPS) is 6.70. The quantitative estimate of drug-likeness (QED) is 0.479. The van der Waals surface area contributed by atoms with E-state index in [1.165, 1.54) is 13.2 Å². The minimum atomic E-state index is -0.981. The summed E-state index contributed by atoms with van der Waals surface area (Å²) in [5, 5.41) is 15.1. The zero-order valence-corrected chi connectivity index (χ0v) is 13.7. The Labute approximate surface area is 136 Å². The molecular formula is C16H23NO6. The van der Waals surface area contributed by atoms with Crippen LogP contribution in [0.5, 0.6) is 0 Å². The Kier molecular flexibility index (Phi) is 29.2. The van der Waals surface area contributed by atoms with Gasteiger partial charge in [-0.3, -0.25) is 0 Å². The molecule has 0 atom stereocenters. The first-order valence-corrected chi connectivity index (χ1v) is 6.07. The van der Waals surface area contributed by atoms with E-state index in [1.807, 2.05) is 0 Å². The van der Waals surface area contributed by atoms with Crippen molar-refractivity contribution in [1.82, 2.24) is 0 Å². The van der Waals surface area contributed by atoms with Gasteiger partial charge in [0.05, 0.1) is 19.8 Å². The van der Waals surface area contributed by atoms with Crippen LogP contribution in [0.2, 0.25) is 0 Å². The maximum absolute atomic E-state index is 10.2. The predicted molar refractivity (Wildman–Crippen MR) is 87.3 cm³/mol. The van der Waals surface area contributed by atoms with Crippen molar-refractivity contribution in [3.05, 3.63) is 50.1 Å². The lowest BCUT2D eigenvalue weighted by Crippen LogP contribution is -1.98. The summed E-state index contributed by atoms with van der Waals surface area (Å²) in [6, 6.07) is 1.69. The van der Waals surface area contributed by atoms with Crippen molar-refractivity contribution in [2.75, 3.05) is 13.7 Å². The van der Waals surface area contributed by atoms with E-state index in [1.54, 1.807) is 19.9 Å². The lowest BCUT2D eigenvalue weighted by molar-refractivity contribution is -0.137. The molecule has 0 aromatic heterocycles. The number of hydrogen-bond acceptors (Lipinski definition) is 6. The van der Waals surface area contributed by atoms with Crippen LogP contribution >= 0.6 is 0 Å². The van der Waals surface area contributed by atoms with Gasteiger partial charge in [-0.25, -0.2) is 14.4 Å². The van der Waals surface area contributed by atoms with Crippen molar-refractivity contribution >= 4 is 17.9 Å². The molecule has 0 fully saturated rings. The van der Waals surface area contributed by atoms with Crippen LogP contribution < -0.4 is 0 Å². The Morgan fingerprint density at radius 1 is 1.22 bits per heavy atom. The first-order valence-electron chi connectivity index (χ1n) is 6.07. The van der Waals surface area contributed by atoms with Gasteiger partial charge in [-0.15, -0.1) is 0 Å². The molecule has 0 saturated carbocycles. The van der Waals surface area contributed by atoms with Gasteiger partial charge in [0.1, 0.15) is 0 Å².